The Morgan fingerprint density at radius 3 is 2.45 bits per heavy atom. The van der Waals surface area contributed by atoms with Gasteiger partial charge < -0.3 is 15.2 Å². The first-order valence-corrected chi connectivity index (χ1v) is 14.3. The average molecular weight is 587 g/mol. The van der Waals surface area contributed by atoms with E-state index in [4.69, 9.17) is 11.6 Å². The highest BCUT2D eigenvalue weighted by molar-refractivity contribution is 7.91. The van der Waals surface area contributed by atoms with Crippen LogP contribution in [0.3, 0.4) is 0 Å². The molecule has 0 aliphatic rings. The highest BCUT2D eigenvalue weighted by atomic mass is 35.5. The molecule has 12 heteroatoms. The Labute approximate surface area is 236 Å². The Morgan fingerprint density at radius 2 is 1.80 bits per heavy atom. The number of carbonyl (C=O) groups is 1. The van der Waals surface area contributed by atoms with Gasteiger partial charge in [0.05, 0.1) is 46.4 Å². The van der Waals surface area contributed by atoms with Gasteiger partial charge >= 0.3 is 5.97 Å². The number of nitrogens with zero attached hydrogens (tertiary/aromatic N) is 3. The van der Waals surface area contributed by atoms with Crippen molar-refractivity contribution in [2.45, 2.75) is 43.7 Å². The Morgan fingerprint density at radius 1 is 1.10 bits per heavy atom. The van der Waals surface area contributed by atoms with Crippen LogP contribution in [-0.2, 0) is 25.0 Å². The predicted molar refractivity (Wildman–Crippen MR) is 150 cm³/mol. The van der Waals surface area contributed by atoms with E-state index in [1.165, 1.54) is 25.4 Å². The second-order valence-corrected chi connectivity index (χ2v) is 12.3. The second-order valence-electron chi connectivity index (χ2n) is 9.76. The first kappa shape index (κ1) is 29.3. The van der Waals surface area contributed by atoms with Gasteiger partial charge in [0, 0.05) is 35.1 Å². The maximum absolute atomic E-state index is 14.9. The number of rotatable bonds is 9. The Balaban J connectivity index is 1.68. The molecule has 0 aliphatic heterocycles. The minimum atomic E-state index is -3.86. The molecule has 2 heterocycles. The topological polar surface area (TPSA) is 131 Å². The summed E-state index contributed by atoms with van der Waals surface area (Å²) < 4.78 is 45.0. The number of hydrogen-bond acceptors (Lipinski definition) is 9. The van der Waals surface area contributed by atoms with Crippen LogP contribution in [-0.4, -0.2) is 47.3 Å². The molecule has 1 atom stereocenters. The van der Waals surface area contributed by atoms with Gasteiger partial charge in [-0.3, -0.25) is 9.78 Å². The Kier molecular flexibility index (Phi) is 8.38. The third-order valence-electron chi connectivity index (χ3n) is 6.31. The molecule has 210 valence electrons. The van der Waals surface area contributed by atoms with E-state index in [0.29, 0.717) is 22.2 Å². The number of benzene rings is 2. The van der Waals surface area contributed by atoms with Gasteiger partial charge in [-0.1, -0.05) is 17.7 Å². The quantitative estimate of drug-likeness (QED) is 0.200. The van der Waals surface area contributed by atoms with Crippen LogP contribution >= 0.6 is 11.6 Å². The van der Waals surface area contributed by atoms with E-state index in [9.17, 15) is 22.7 Å². The number of fused-ring (bicyclic) bond motifs is 1. The molecular formula is C28H28ClFN4O5S. The van der Waals surface area contributed by atoms with Gasteiger partial charge in [0.15, 0.2) is 15.7 Å². The van der Waals surface area contributed by atoms with Crippen LogP contribution in [0.5, 0.6) is 0 Å². The van der Waals surface area contributed by atoms with Gasteiger partial charge in [-0.05, 0) is 56.7 Å². The summed E-state index contributed by atoms with van der Waals surface area (Å²) in [5, 5.41) is 14.3. The molecule has 0 spiro atoms. The number of methoxy groups -OCH3 is 1. The predicted octanol–water partition coefficient (Wildman–Crippen LogP) is 5.22. The minimum Gasteiger partial charge on any atom is -0.469 e. The molecule has 0 radical (unpaired) electrons. The lowest BCUT2D eigenvalue weighted by Crippen LogP contribution is -2.19. The molecule has 0 saturated carbocycles. The molecule has 0 amide bonds. The van der Waals surface area contributed by atoms with Crippen molar-refractivity contribution in [3.05, 3.63) is 77.2 Å². The van der Waals surface area contributed by atoms with Crippen molar-refractivity contribution < 1.29 is 27.4 Å². The van der Waals surface area contributed by atoms with Crippen LogP contribution in [0.1, 0.15) is 44.6 Å². The zero-order valence-electron chi connectivity index (χ0n) is 22.3. The van der Waals surface area contributed by atoms with Gasteiger partial charge in [0.2, 0.25) is 0 Å². The van der Waals surface area contributed by atoms with Gasteiger partial charge in [-0.15, -0.1) is 0 Å². The molecule has 2 aromatic heterocycles. The van der Waals surface area contributed by atoms with Crippen LogP contribution < -0.4 is 5.32 Å². The number of pyridine rings is 1. The summed E-state index contributed by atoms with van der Waals surface area (Å²) in [4.78, 5) is 24.2. The zero-order chi connectivity index (χ0) is 29.2. The van der Waals surface area contributed by atoms with Crippen molar-refractivity contribution in [3.63, 3.8) is 0 Å². The fourth-order valence-electron chi connectivity index (χ4n) is 4.07. The van der Waals surface area contributed by atoms with Crippen molar-refractivity contribution >= 4 is 44.0 Å². The van der Waals surface area contributed by atoms with Crippen molar-refractivity contribution in [1.82, 2.24) is 15.0 Å². The molecule has 2 N–H and O–H groups in total. The van der Waals surface area contributed by atoms with Crippen LogP contribution in [0, 0.1) is 5.82 Å². The monoisotopic (exact) mass is 586 g/mol. The largest absolute Gasteiger partial charge is 0.469 e. The molecular weight excluding hydrogens is 559 g/mol. The number of esters is 1. The van der Waals surface area contributed by atoms with E-state index in [-0.39, 0.29) is 27.7 Å². The zero-order valence-corrected chi connectivity index (χ0v) is 23.8. The van der Waals surface area contributed by atoms with Crippen LogP contribution in [0.25, 0.3) is 22.0 Å². The van der Waals surface area contributed by atoms with Crippen LogP contribution in [0.15, 0.2) is 59.9 Å². The SMILES string of the molecule is COC(=O)CCS(=O)(=O)c1ccc(F)c([C@@H](C)Nc2c(Cl)cnc3ccc(-c4cnc(C(C)(C)O)nc4)cc23)c1. The third-order valence-corrected chi connectivity index (χ3v) is 8.31. The maximum atomic E-state index is 14.9. The summed E-state index contributed by atoms with van der Waals surface area (Å²) in [7, 11) is -2.68. The highest BCUT2D eigenvalue weighted by Gasteiger charge is 2.22. The maximum Gasteiger partial charge on any atom is 0.306 e. The van der Waals surface area contributed by atoms with Crippen molar-refractivity contribution in [2.75, 3.05) is 18.2 Å². The highest BCUT2D eigenvalue weighted by Crippen LogP contribution is 2.36. The number of aromatic nitrogens is 3. The lowest BCUT2D eigenvalue weighted by molar-refractivity contribution is -0.140. The molecule has 0 saturated heterocycles. The number of nitrogens with one attached hydrogen (secondary N) is 1. The molecule has 0 fully saturated rings. The van der Waals surface area contributed by atoms with Gasteiger partial charge in [-0.2, -0.15) is 0 Å². The van der Waals surface area contributed by atoms with Crippen LogP contribution in [0.2, 0.25) is 5.02 Å². The van der Waals surface area contributed by atoms with Crippen LogP contribution in [0.4, 0.5) is 10.1 Å². The number of hydrogen-bond donors (Lipinski definition) is 2. The molecule has 40 heavy (non-hydrogen) atoms. The lowest BCUT2D eigenvalue weighted by Gasteiger charge is -2.20. The minimum absolute atomic E-state index is 0.104. The summed E-state index contributed by atoms with van der Waals surface area (Å²) in [6.07, 6.45) is 4.38. The average Bonchev–Trinajstić information content (AvgIpc) is 2.92. The van der Waals surface area contributed by atoms with E-state index >= 15 is 0 Å². The third kappa shape index (κ3) is 6.38. The molecule has 4 aromatic rings. The van der Waals surface area contributed by atoms with Gasteiger partial charge in [0.25, 0.3) is 0 Å². The van der Waals surface area contributed by atoms with E-state index in [2.05, 4.69) is 25.0 Å². The smallest absolute Gasteiger partial charge is 0.306 e. The Bertz CT molecular complexity index is 1680. The van der Waals surface area contributed by atoms with E-state index in [1.54, 1.807) is 39.2 Å². The number of anilines is 1. The van der Waals surface area contributed by atoms with E-state index < -0.39 is 39.0 Å². The summed E-state index contributed by atoms with van der Waals surface area (Å²) in [6.45, 7) is 4.88. The normalized spacial score (nSPS) is 12.8. The Hall–Kier alpha value is -3.67. The van der Waals surface area contributed by atoms with Crippen molar-refractivity contribution in [2.24, 2.45) is 0 Å². The van der Waals surface area contributed by atoms with E-state index in [0.717, 1.165) is 11.6 Å². The number of sulfone groups is 1. The lowest BCUT2D eigenvalue weighted by atomic mass is 10.0. The van der Waals surface area contributed by atoms with Crippen molar-refractivity contribution in [1.29, 1.82) is 0 Å². The number of aliphatic hydroxyl groups is 1. The first-order chi connectivity index (χ1) is 18.8. The van der Waals surface area contributed by atoms with E-state index in [1.807, 2.05) is 12.1 Å². The molecule has 4 rings (SSSR count). The standard InChI is InChI=1S/C28H28ClFN4O5S/c1-16(20-12-19(6-7-23(20)30)40(37,38)10-9-25(35)39-4)34-26-21-11-17(5-8-24(21)31-15-22(26)29)18-13-32-27(33-14-18)28(2,3)36/h5-8,11-16,36H,9-10H2,1-4H3,(H,31,34)/t16-/m1/s1. The van der Waals surface area contributed by atoms with Gasteiger partial charge in [-0.25, -0.2) is 22.8 Å². The molecule has 0 aliphatic carbocycles. The summed E-state index contributed by atoms with van der Waals surface area (Å²) in [6, 6.07) is 8.30. The summed E-state index contributed by atoms with van der Waals surface area (Å²) in [5.41, 5.74) is 1.49. The molecule has 2 aromatic carbocycles. The summed E-state index contributed by atoms with van der Waals surface area (Å²) in [5.74, 6) is -1.43. The number of ether oxygens (including phenoxy) is 1. The number of carbonyl (C=O) groups excluding carboxylic acids is 1. The van der Waals surface area contributed by atoms with Crippen molar-refractivity contribution in [3.8, 4) is 11.1 Å². The fraction of sp³-hybridized carbons (Fsp3) is 0.286. The first-order valence-electron chi connectivity index (χ1n) is 12.3. The number of halogens is 2. The fourth-order valence-corrected chi connectivity index (χ4v) is 5.52. The molecule has 0 unspecified atom stereocenters. The molecule has 0 bridgehead atoms. The molecule has 9 nitrogen and oxygen atoms in total. The van der Waals surface area contributed by atoms with Gasteiger partial charge in [0.1, 0.15) is 11.4 Å². The second kappa shape index (κ2) is 11.4. The summed E-state index contributed by atoms with van der Waals surface area (Å²) >= 11 is 6.52.